The summed E-state index contributed by atoms with van der Waals surface area (Å²) in [5.74, 6) is -0.758. The Morgan fingerprint density at radius 1 is 1.17 bits per heavy atom. The van der Waals surface area contributed by atoms with Gasteiger partial charge in [0, 0.05) is 0 Å². The van der Waals surface area contributed by atoms with Crippen molar-refractivity contribution in [2.75, 3.05) is 0 Å². The summed E-state index contributed by atoms with van der Waals surface area (Å²) in [5.41, 5.74) is 0.577. The van der Waals surface area contributed by atoms with Gasteiger partial charge >= 0.3 is 7.32 Å². The molecule has 24 heavy (non-hydrogen) atoms. The van der Waals surface area contributed by atoms with E-state index in [1.54, 1.807) is 0 Å². The second-order valence-corrected chi connectivity index (χ2v) is 7.08. The van der Waals surface area contributed by atoms with Gasteiger partial charge in [-0.3, -0.25) is 0 Å². The summed E-state index contributed by atoms with van der Waals surface area (Å²) < 4.78 is 32.2. The highest BCUT2D eigenvalue weighted by Gasteiger charge is 2.26. The topological polar surface area (TPSA) is 49.7 Å². The monoisotopic (exact) mass is 340 g/mol. The predicted molar refractivity (Wildman–Crippen MR) is 90.4 cm³/mol. The first-order valence-corrected chi connectivity index (χ1v) is 8.91. The van der Waals surface area contributed by atoms with Gasteiger partial charge in [-0.05, 0) is 54.7 Å². The van der Waals surface area contributed by atoms with E-state index in [-0.39, 0.29) is 0 Å². The average Bonchev–Trinajstić information content (AvgIpc) is 2.52. The molecule has 1 fully saturated rings. The molecule has 0 aromatic heterocycles. The van der Waals surface area contributed by atoms with E-state index in [0.29, 0.717) is 23.8 Å². The minimum absolute atomic E-state index is 0.363. The van der Waals surface area contributed by atoms with Crippen LogP contribution < -0.4 is 4.65 Å². The molecular formula is C18H27BF2O3. The largest absolute Gasteiger partial charge is 0.707 e. The number of halogens is 2. The first-order valence-electron chi connectivity index (χ1n) is 8.91. The van der Waals surface area contributed by atoms with E-state index in [1.807, 2.05) is 0 Å². The SMILES string of the molecule is CCCC1CCC(C(C)Cc2cc(F)c(OB(O)O)c(F)c2)CC1. The van der Waals surface area contributed by atoms with Gasteiger partial charge in [0.05, 0.1) is 0 Å². The van der Waals surface area contributed by atoms with Crippen molar-refractivity contribution < 1.29 is 23.5 Å². The van der Waals surface area contributed by atoms with Crippen molar-refractivity contribution in [3.05, 3.63) is 29.3 Å². The van der Waals surface area contributed by atoms with Crippen LogP contribution >= 0.6 is 0 Å². The summed E-state index contributed by atoms with van der Waals surface area (Å²) in [6.45, 7) is 4.36. The van der Waals surface area contributed by atoms with Gasteiger partial charge in [0.25, 0.3) is 0 Å². The summed E-state index contributed by atoms with van der Waals surface area (Å²) in [7, 11) is -2.24. The second-order valence-electron chi connectivity index (χ2n) is 7.08. The van der Waals surface area contributed by atoms with Crippen molar-refractivity contribution in [1.29, 1.82) is 0 Å². The molecule has 1 aliphatic carbocycles. The van der Waals surface area contributed by atoms with Crippen LogP contribution in [-0.2, 0) is 6.42 Å². The van der Waals surface area contributed by atoms with Crippen LogP contribution in [0.25, 0.3) is 0 Å². The minimum Gasteiger partial charge on any atom is -0.508 e. The number of hydrogen-bond acceptors (Lipinski definition) is 3. The van der Waals surface area contributed by atoms with Gasteiger partial charge in [0.1, 0.15) is 0 Å². The zero-order valence-electron chi connectivity index (χ0n) is 14.5. The molecule has 2 rings (SSSR count). The molecule has 0 spiro atoms. The predicted octanol–water partition coefficient (Wildman–Crippen LogP) is 4.10. The maximum Gasteiger partial charge on any atom is 0.707 e. The molecule has 1 aromatic carbocycles. The van der Waals surface area contributed by atoms with Crippen molar-refractivity contribution in [2.24, 2.45) is 17.8 Å². The van der Waals surface area contributed by atoms with Crippen LogP contribution in [0.1, 0.15) is 57.9 Å². The molecule has 6 heteroatoms. The lowest BCUT2D eigenvalue weighted by Gasteiger charge is -2.32. The zero-order chi connectivity index (χ0) is 17.7. The molecule has 3 nitrogen and oxygen atoms in total. The van der Waals surface area contributed by atoms with Crippen molar-refractivity contribution >= 4 is 7.32 Å². The minimum atomic E-state index is -2.24. The van der Waals surface area contributed by atoms with Crippen molar-refractivity contribution in [3.63, 3.8) is 0 Å². The number of rotatable bonds is 7. The summed E-state index contributed by atoms with van der Waals surface area (Å²) in [6.07, 6.45) is 8.04. The fourth-order valence-electron chi connectivity index (χ4n) is 3.94. The van der Waals surface area contributed by atoms with Crippen LogP contribution in [0.15, 0.2) is 12.1 Å². The quantitative estimate of drug-likeness (QED) is 0.735. The van der Waals surface area contributed by atoms with Crippen LogP contribution in [-0.4, -0.2) is 17.4 Å². The zero-order valence-corrected chi connectivity index (χ0v) is 14.5. The normalized spacial score (nSPS) is 22.2. The second kappa shape index (κ2) is 8.81. The van der Waals surface area contributed by atoms with Crippen LogP contribution in [0.2, 0.25) is 0 Å². The van der Waals surface area contributed by atoms with Crippen LogP contribution in [0.3, 0.4) is 0 Å². The molecule has 1 saturated carbocycles. The Hall–Kier alpha value is -1.14. The van der Waals surface area contributed by atoms with Crippen molar-refractivity contribution in [1.82, 2.24) is 0 Å². The Morgan fingerprint density at radius 2 is 1.75 bits per heavy atom. The summed E-state index contributed by atoms with van der Waals surface area (Å²) in [5, 5.41) is 17.4. The van der Waals surface area contributed by atoms with Gasteiger partial charge in [-0.1, -0.05) is 39.5 Å². The number of hydrogen-bond donors (Lipinski definition) is 2. The maximum absolute atomic E-state index is 13.9. The van der Waals surface area contributed by atoms with E-state index in [9.17, 15) is 8.78 Å². The average molecular weight is 340 g/mol. The van der Waals surface area contributed by atoms with Crippen LogP contribution in [0.4, 0.5) is 8.78 Å². The standard InChI is InChI=1S/C18H27BF2O3/c1-3-4-13-5-7-15(8-6-13)12(2)9-14-10-16(20)18(17(21)11-14)24-19(22)23/h10-13,15,22-23H,3-9H2,1-2H3. The molecule has 0 radical (unpaired) electrons. The summed E-state index contributed by atoms with van der Waals surface area (Å²) >= 11 is 0. The van der Waals surface area contributed by atoms with E-state index in [4.69, 9.17) is 10.0 Å². The fourth-order valence-corrected chi connectivity index (χ4v) is 3.94. The van der Waals surface area contributed by atoms with Gasteiger partial charge in [-0.2, -0.15) is 0 Å². The first-order chi connectivity index (χ1) is 11.4. The Labute approximate surface area is 143 Å². The summed E-state index contributed by atoms with van der Waals surface area (Å²) in [6, 6.07) is 2.44. The Morgan fingerprint density at radius 3 is 2.25 bits per heavy atom. The molecule has 1 aromatic rings. The van der Waals surface area contributed by atoms with E-state index in [0.717, 1.165) is 5.92 Å². The first kappa shape index (κ1) is 19.2. The smallest absolute Gasteiger partial charge is 0.508 e. The third-order valence-electron chi connectivity index (χ3n) is 5.23. The lowest BCUT2D eigenvalue weighted by atomic mass is 9.74. The van der Waals surface area contributed by atoms with E-state index in [1.165, 1.54) is 50.7 Å². The highest BCUT2D eigenvalue weighted by Crippen LogP contribution is 2.37. The Kier molecular flexibility index (Phi) is 7.05. The van der Waals surface area contributed by atoms with Gasteiger partial charge < -0.3 is 14.7 Å². The van der Waals surface area contributed by atoms with E-state index >= 15 is 0 Å². The highest BCUT2D eigenvalue weighted by molar-refractivity contribution is 6.33. The van der Waals surface area contributed by atoms with E-state index < -0.39 is 24.7 Å². The molecule has 0 saturated heterocycles. The van der Waals surface area contributed by atoms with Crippen molar-refractivity contribution in [3.8, 4) is 5.75 Å². The highest BCUT2D eigenvalue weighted by atomic mass is 19.1. The molecule has 0 aliphatic heterocycles. The lowest BCUT2D eigenvalue weighted by molar-refractivity contribution is 0.206. The Bertz CT molecular complexity index is 508. The number of benzene rings is 1. The molecule has 0 amide bonds. The summed E-state index contributed by atoms with van der Waals surface area (Å²) in [4.78, 5) is 0. The maximum atomic E-state index is 13.9. The Balaban J connectivity index is 1.96. The van der Waals surface area contributed by atoms with Gasteiger partial charge in [0.2, 0.25) is 0 Å². The molecule has 1 aliphatic rings. The molecule has 1 atom stereocenters. The molecule has 1 unspecified atom stereocenters. The molecular weight excluding hydrogens is 313 g/mol. The van der Waals surface area contributed by atoms with Crippen LogP contribution in [0, 0.1) is 29.4 Å². The van der Waals surface area contributed by atoms with Crippen LogP contribution in [0.5, 0.6) is 5.75 Å². The molecule has 2 N–H and O–H groups in total. The molecule has 0 heterocycles. The molecule has 134 valence electrons. The lowest BCUT2D eigenvalue weighted by Crippen LogP contribution is -2.23. The van der Waals surface area contributed by atoms with Gasteiger partial charge in [0.15, 0.2) is 17.4 Å². The van der Waals surface area contributed by atoms with Gasteiger partial charge in [-0.25, -0.2) is 8.78 Å². The van der Waals surface area contributed by atoms with Gasteiger partial charge in [-0.15, -0.1) is 0 Å². The fraction of sp³-hybridized carbons (Fsp3) is 0.667. The third kappa shape index (κ3) is 5.18. The molecule has 0 bridgehead atoms. The van der Waals surface area contributed by atoms with E-state index in [2.05, 4.69) is 18.5 Å². The third-order valence-corrected chi connectivity index (χ3v) is 5.23. The van der Waals surface area contributed by atoms with Crippen molar-refractivity contribution in [2.45, 2.75) is 58.8 Å².